The number of carbonyl (C=O) groups excluding carboxylic acids is 1. The van der Waals surface area contributed by atoms with E-state index in [2.05, 4.69) is 20.1 Å². The average Bonchev–Trinajstić information content (AvgIpc) is 3.55. The first-order valence-corrected chi connectivity index (χ1v) is 13.7. The van der Waals surface area contributed by atoms with Crippen molar-refractivity contribution >= 4 is 38.0 Å². The van der Waals surface area contributed by atoms with E-state index in [1.165, 1.54) is 34.6 Å². The number of carbonyl (C=O) groups is 1. The van der Waals surface area contributed by atoms with Crippen LogP contribution in [0.2, 0.25) is 0 Å². The standard InChI is InChI=1S/C24H28FN5O6S/c1-5-37(4,32)29-24(31)15-9-30-20(13(15)2)23(26-12-27-30)28-16-7-6-14(25)8-17(16)36-19-11-35-21-18(33-3)10-34-22(19)21/h5-9,12,18-19,21-22H,10-11H2,1-4H3,(H,26,27,28)(H,29,31,32). The minimum absolute atomic E-state index is 0.182. The summed E-state index contributed by atoms with van der Waals surface area (Å²) in [4.78, 5) is 17.2. The maximum atomic E-state index is 14.2. The van der Waals surface area contributed by atoms with Gasteiger partial charge in [-0.15, -0.1) is 0 Å². The van der Waals surface area contributed by atoms with E-state index in [0.29, 0.717) is 34.8 Å². The number of rotatable bonds is 7. The number of aryl methyl sites for hydroxylation is 1. The zero-order chi connectivity index (χ0) is 26.3. The molecule has 0 bridgehead atoms. The minimum Gasteiger partial charge on any atom is -0.483 e. The van der Waals surface area contributed by atoms with Gasteiger partial charge in [0.05, 0.1) is 24.5 Å². The highest BCUT2D eigenvalue weighted by Gasteiger charge is 2.49. The van der Waals surface area contributed by atoms with Gasteiger partial charge >= 0.3 is 0 Å². The average molecular weight is 534 g/mol. The van der Waals surface area contributed by atoms with Crippen LogP contribution in [0.1, 0.15) is 22.8 Å². The lowest BCUT2D eigenvalue weighted by atomic mass is 10.1. The van der Waals surface area contributed by atoms with Gasteiger partial charge in [0.15, 0.2) is 11.9 Å². The second-order valence-corrected chi connectivity index (χ2v) is 11.4. The van der Waals surface area contributed by atoms with Gasteiger partial charge < -0.3 is 24.3 Å². The van der Waals surface area contributed by atoms with Crippen molar-refractivity contribution in [1.29, 1.82) is 0 Å². The van der Waals surface area contributed by atoms with Crippen molar-refractivity contribution in [2.45, 2.75) is 38.3 Å². The van der Waals surface area contributed by atoms with Crippen LogP contribution in [0.15, 0.2) is 30.7 Å². The van der Waals surface area contributed by atoms with E-state index < -0.39 is 27.5 Å². The number of nitrogens with one attached hydrogen (secondary N) is 2. The van der Waals surface area contributed by atoms with Crippen molar-refractivity contribution in [1.82, 2.24) is 19.3 Å². The zero-order valence-electron chi connectivity index (χ0n) is 20.8. The summed E-state index contributed by atoms with van der Waals surface area (Å²) in [5, 5.41) is 8.84. The van der Waals surface area contributed by atoms with E-state index in [1.807, 2.05) is 0 Å². The third kappa shape index (κ3) is 4.87. The molecule has 4 heterocycles. The van der Waals surface area contributed by atoms with Crippen LogP contribution in [0.3, 0.4) is 0 Å². The van der Waals surface area contributed by atoms with Crippen LogP contribution in [0.4, 0.5) is 15.9 Å². The highest BCUT2D eigenvalue weighted by Crippen LogP contribution is 2.36. The quantitative estimate of drug-likeness (QED) is 0.438. The lowest BCUT2D eigenvalue weighted by Crippen LogP contribution is -2.35. The first-order chi connectivity index (χ1) is 17.7. The van der Waals surface area contributed by atoms with E-state index in [-0.39, 0.29) is 30.7 Å². The number of hydrogen-bond acceptors (Lipinski definition) is 9. The molecule has 2 aliphatic heterocycles. The Morgan fingerprint density at radius 1 is 1.27 bits per heavy atom. The summed E-state index contributed by atoms with van der Waals surface area (Å²) in [6.07, 6.45) is 3.09. The molecule has 2 N–H and O–H groups in total. The molecule has 11 nitrogen and oxygen atoms in total. The van der Waals surface area contributed by atoms with Gasteiger partial charge in [0.2, 0.25) is 0 Å². The van der Waals surface area contributed by atoms with E-state index in [1.54, 1.807) is 33.2 Å². The molecule has 5 unspecified atom stereocenters. The van der Waals surface area contributed by atoms with Crippen LogP contribution < -0.4 is 14.8 Å². The van der Waals surface area contributed by atoms with Crippen LogP contribution in [0, 0.1) is 12.7 Å². The lowest BCUT2D eigenvalue weighted by molar-refractivity contribution is -0.0138. The SMILES string of the molecule is CC=S(C)(=O)NC(=O)c1cn2ncnc(Nc3ccc(F)cc3OC3COC4C(OC)COC34)c2c1C. The first kappa shape index (κ1) is 25.4. The van der Waals surface area contributed by atoms with Crippen molar-refractivity contribution in [3.8, 4) is 5.75 Å². The van der Waals surface area contributed by atoms with Crippen LogP contribution in [-0.2, 0) is 23.9 Å². The molecule has 0 radical (unpaired) electrons. The van der Waals surface area contributed by atoms with Gasteiger partial charge in [0, 0.05) is 35.3 Å². The Balaban J connectivity index is 1.44. The van der Waals surface area contributed by atoms with Gasteiger partial charge in [-0.25, -0.2) is 18.1 Å². The van der Waals surface area contributed by atoms with Crippen molar-refractivity contribution in [3.63, 3.8) is 0 Å². The Bertz CT molecular complexity index is 1470. The van der Waals surface area contributed by atoms with Gasteiger partial charge in [-0.05, 0) is 36.9 Å². The Kier molecular flexibility index (Phi) is 6.79. The van der Waals surface area contributed by atoms with Crippen LogP contribution >= 0.6 is 0 Å². The molecular weight excluding hydrogens is 505 g/mol. The number of halogens is 1. The van der Waals surface area contributed by atoms with E-state index in [9.17, 15) is 13.4 Å². The van der Waals surface area contributed by atoms with E-state index >= 15 is 0 Å². The second-order valence-electron chi connectivity index (χ2n) is 8.93. The fourth-order valence-electron chi connectivity index (χ4n) is 4.50. The van der Waals surface area contributed by atoms with Crippen LogP contribution in [-0.4, -0.2) is 81.1 Å². The van der Waals surface area contributed by atoms with E-state index in [0.717, 1.165) is 0 Å². The molecule has 198 valence electrons. The lowest BCUT2D eigenvalue weighted by Gasteiger charge is -2.20. The molecule has 13 heteroatoms. The number of anilines is 2. The Hall–Kier alpha value is -3.26. The molecule has 2 aromatic heterocycles. The number of hydrogen-bond donors (Lipinski definition) is 2. The minimum atomic E-state index is -2.63. The highest BCUT2D eigenvalue weighted by atomic mass is 32.2. The topological polar surface area (TPSA) is 125 Å². The predicted molar refractivity (Wildman–Crippen MR) is 135 cm³/mol. The van der Waals surface area contributed by atoms with Crippen molar-refractivity contribution < 1.29 is 32.3 Å². The molecule has 0 spiro atoms. The fourth-order valence-corrected chi connectivity index (χ4v) is 5.09. The number of nitrogens with zero attached hydrogens (tertiary/aromatic N) is 3. The molecule has 1 aromatic carbocycles. The number of fused-ring (bicyclic) bond motifs is 2. The maximum Gasteiger partial charge on any atom is 0.264 e. The van der Waals surface area contributed by atoms with Crippen LogP contribution in [0.25, 0.3) is 5.52 Å². The Morgan fingerprint density at radius 2 is 2.00 bits per heavy atom. The molecule has 0 aliphatic carbocycles. The number of aromatic nitrogens is 3. The monoisotopic (exact) mass is 533 g/mol. The summed E-state index contributed by atoms with van der Waals surface area (Å²) < 4.78 is 53.9. The second kappa shape index (κ2) is 9.89. The molecule has 5 atom stereocenters. The Labute approximate surface area is 213 Å². The van der Waals surface area contributed by atoms with Gasteiger partial charge in [-0.3, -0.25) is 9.52 Å². The summed E-state index contributed by atoms with van der Waals surface area (Å²) in [5.41, 5.74) is 1.86. The molecule has 0 saturated carbocycles. The molecular formula is C24H28FN5O6S. The smallest absolute Gasteiger partial charge is 0.264 e. The summed E-state index contributed by atoms with van der Waals surface area (Å²) in [6.45, 7) is 4.03. The third-order valence-corrected chi connectivity index (χ3v) is 8.05. The largest absolute Gasteiger partial charge is 0.483 e. The molecule has 2 aliphatic rings. The summed E-state index contributed by atoms with van der Waals surface area (Å²) >= 11 is 0. The van der Waals surface area contributed by atoms with Crippen molar-refractivity contribution in [2.75, 3.05) is 31.9 Å². The number of methoxy groups -OCH3 is 1. The number of ether oxygens (including phenoxy) is 4. The first-order valence-electron chi connectivity index (χ1n) is 11.6. The van der Waals surface area contributed by atoms with Crippen molar-refractivity contribution in [3.05, 3.63) is 47.7 Å². The normalized spacial score (nSPS) is 24.5. The maximum absolute atomic E-state index is 14.2. The molecule has 3 aromatic rings. The number of benzene rings is 1. The molecule has 37 heavy (non-hydrogen) atoms. The van der Waals surface area contributed by atoms with Crippen LogP contribution in [0.5, 0.6) is 5.75 Å². The molecule has 1 amide bonds. The van der Waals surface area contributed by atoms with E-state index in [4.69, 9.17) is 18.9 Å². The van der Waals surface area contributed by atoms with Gasteiger partial charge in [-0.2, -0.15) is 5.10 Å². The summed E-state index contributed by atoms with van der Waals surface area (Å²) in [7, 11) is -1.02. The highest BCUT2D eigenvalue weighted by molar-refractivity contribution is 7.99. The molecule has 2 fully saturated rings. The number of amides is 1. The zero-order valence-corrected chi connectivity index (χ0v) is 21.6. The molecule has 2 saturated heterocycles. The van der Waals surface area contributed by atoms with Gasteiger partial charge in [-0.1, -0.05) is 0 Å². The Morgan fingerprint density at radius 3 is 2.73 bits per heavy atom. The summed E-state index contributed by atoms with van der Waals surface area (Å²) in [5.74, 6) is -0.340. The van der Waals surface area contributed by atoms with Gasteiger partial charge in [0.25, 0.3) is 5.91 Å². The summed E-state index contributed by atoms with van der Waals surface area (Å²) in [6, 6.07) is 4.12. The van der Waals surface area contributed by atoms with Gasteiger partial charge in [0.1, 0.15) is 41.7 Å². The van der Waals surface area contributed by atoms with Crippen molar-refractivity contribution in [2.24, 2.45) is 0 Å². The third-order valence-electron chi connectivity index (χ3n) is 6.56. The molecule has 5 rings (SSSR count). The predicted octanol–water partition coefficient (Wildman–Crippen LogP) is 1.86. The fraction of sp³-hybridized carbons (Fsp3) is 0.417.